The summed E-state index contributed by atoms with van der Waals surface area (Å²) in [6, 6.07) is 16.2. The van der Waals surface area contributed by atoms with Gasteiger partial charge in [0.25, 0.3) is 0 Å². The lowest BCUT2D eigenvalue weighted by atomic mass is 9.73. The number of carbonyl (C=O) groups excluding carboxylic acids is 1. The molecule has 0 aromatic heterocycles. The summed E-state index contributed by atoms with van der Waals surface area (Å²) in [7, 11) is 3.32. The average molecular weight is 398 g/mol. The van der Waals surface area contributed by atoms with Gasteiger partial charge in [0.1, 0.15) is 0 Å². The Hall–Kier alpha value is -2.53. The zero-order chi connectivity index (χ0) is 20.7. The van der Waals surface area contributed by atoms with Gasteiger partial charge in [0, 0.05) is 12.1 Å². The minimum atomic E-state index is -0.452. The number of hydrogen-bond donors (Lipinski definition) is 0. The van der Waals surface area contributed by atoms with Crippen LogP contribution in [0, 0.1) is 5.41 Å². The van der Waals surface area contributed by atoms with Gasteiger partial charge in [-0.1, -0.05) is 42.5 Å². The van der Waals surface area contributed by atoms with Gasteiger partial charge >= 0.3 is 5.97 Å². The molecule has 0 amide bonds. The van der Waals surface area contributed by atoms with Crippen molar-refractivity contribution in [2.45, 2.75) is 32.7 Å². The topological polar surface area (TPSA) is 48.0 Å². The lowest BCUT2D eigenvalue weighted by Crippen LogP contribution is -2.46. The normalized spacial score (nSPS) is 16.2. The van der Waals surface area contributed by atoms with Crippen LogP contribution < -0.4 is 9.47 Å². The molecule has 0 atom stereocenters. The number of para-hydroxylation sites is 1. The van der Waals surface area contributed by atoms with Crippen LogP contribution in [-0.4, -0.2) is 44.8 Å². The molecule has 1 aliphatic heterocycles. The van der Waals surface area contributed by atoms with Crippen molar-refractivity contribution in [3.63, 3.8) is 0 Å². The molecule has 2 aromatic carbocycles. The lowest BCUT2D eigenvalue weighted by molar-refractivity contribution is -0.158. The summed E-state index contributed by atoms with van der Waals surface area (Å²) in [5, 5.41) is 0. The molecule has 1 heterocycles. The first-order valence-corrected chi connectivity index (χ1v) is 10.2. The Bertz CT molecular complexity index is 798. The summed E-state index contributed by atoms with van der Waals surface area (Å²) < 4.78 is 16.5. The van der Waals surface area contributed by atoms with E-state index < -0.39 is 5.41 Å². The zero-order valence-electron chi connectivity index (χ0n) is 17.6. The van der Waals surface area contributed by atoms with Gasteiger partial charge in [0.2, 0.25) is 0 Å². The van der Waals surface area contributed by atoms with Gasteiger partial charge in [-0.3, -0.25) is 9.69 Å². The van der Waals surface area contributed by atoms with E-state index in [9.17, 15) is 4.79 Å². The van der Waals surface area contributed by atoms with Crippen molar-refractivity contribution in [1.82, 2.24) is 4.90 Å². The first-order chi connectivity index (χ1) is 14.1. The molecule has 2 aromatic rings. The van der Waals surface area contributed by atoms with Crippen LogP contribution >= 0.6 is 0 Å². The van der Waals surface area contributed by atoms with Gasteiger partial charge in [-0.05, 0) is 50.9 Å². The van der Waals surface area contributed by atoms with Crippen molar-refractivity contribution < 1.29 is 19.0 Å². The third-order valence-electron chi connectivity index (χ3n) is 5.79. The molecule has 5 heteroatoms. The molecule has 0 bridgehead atoms. The summed E-state index contributed by atoms with van der Waals surface area (Å²) in [5.41, 5.74) is 1.83. The number of ether oxygens (including phenoxy) is 3. The number of benzene rings is 2. The van der Waals surface area contributed by atoms with E-state index in [2.05, 4.69) is 23.1 Å². The number of rotatable bonds is 8. The van der Waals surface area contributed by atoms with Crippen LogP contribution in [0.25, 0.3) is 0 Å². The Morgan fingerprint density at radius 2 is 1.72 bits per heavy atom. The van der Waals surface area contributed by atoms with E-state index in [1.807, 2.05) is 37.3 Å². The largest absolute Gasteiger partial charge is 0.493 e. The second kappa shape index (κ2) is 9.79. The Balaban J connectivity index is 1.73. The molecule has 0 aliphatic carbocycles. The minimum absolute atomic E-state index is 0.0672. The fourth-order valence-corrected chi connectivity index (χ4v) is 4.18. The molecule has 29 heavy (non-hydrogen) atoms. The predicted molar refractivity (Wildman–Crippen MR) is 113 cm³/mol. The van der Waals surface area contributed by atoms with Gasteiger partial charge in [0.05, 0.1) is 26.2 Å². The van der Waals surface area contributed by atoms with E-state index in [4.69, 9.17) is 14.2 Å². The molecule has 0 N–H and O–H groups in total. The third-order valence-corrected chi connectivity index (χ3v) is 5.79. The van der Waals surface area contributed by atoms with Crippen molar-refractivity contribution in [3.8, 4) is 11.5 Å². The summed E-state index contributed by atoms with van der Waals surface area (Å²) in [6.45, 7) is 4.74. The van der Waals surface area contributed by atoms with Crippen LogP contribution in [0.3, 0.4) is 0 Å². The van der Waals surface area contributed by atoms with Crippen molar-refractivity contribution >= 4 is 5.97 Å². The third kappa shape index (κ3) is 4.91. The SMILES string of the molecule is CCOC(=O)C1(Cc2ccccc2)CCN(Cc2cccc(OC)c2OC)CC1. The number of esters is 1. The van der Waals surface area contributed by atoms with E-state index in [1.54, 1.807) is 14.2 Å². The molecule has 1 aliphatic rings. The molecular weight excluding hydrogens is 366 g/mol. The second-order valence-electron chi connectivity index (χ2n) is 7.59. The molecule has 5 nitrogen and oxygen atoms in total. The zero-order valence-corrected chi connectivity index (χ0v) is 17.6. The van der Waals surface area contributed by atoms with E-state index in [0.717, 1.165) is 56.0 Å². The highest BCUT2D eigenvalue weighted by Gasteiger charge is 2.42. The maximum Gasteiger partial charge on any atom is 0.312 e. The summed E-state index contributed by atoms with van der Waals surface area (Å²) >= 11 is 0. The highest BCUT2D eigenvalue weighted by atomic mass is 16.5. The Labute approximate surface area is 173 Å². The van der Waals surface area contributed by atoms with Crippen LogP contribution in [0.5, 0.6) is 11.5 Å². The first-order valence-electron chi connectivity index (χ1n) is 10.2. The van der Waals surface area contributed by atoms with Gasteiger partial charge in [-0.25, -0.2) is 0 Å². The van der Waals surface area contributed by atoms with E-state index in [1.165, 1.54) is 5.56 Å². The fourth-order valence-electron chi connectivity index (χ4n) is 4.18. The van der Waals surface area contributed by atoms with Crippen LogP contribution in [0.15, 0.2) is 48.5 Å². The second-order valence-corrected chi connectivity index (χ2v) is 7.59. The lowest BCUT2D eigenvalue weighted by Gasteiger charge is -2.40. The van der Waals surface area contributed by atoms with Gasteiger partial charge < -0.3 is 14.2 Å². The van der Waals surface area contributed by atoms with E-state index >= 15 is 0 Å². The van der Waals surface area contributed by atoms with Crippen LogP contribution in [-0.2, 0) is 22.5 Å². The molecular formula is C24H31NO4. The number of carbonyl (C=O) groups is 1. The number of nitrogens with zero attached hydrogens (tertiary/aromatic N) is 1. The maximum absolute atomic E-state index is 12.9. The molecule has 3 rings (SSSR count). The van der Waals surface area contributed by atoms with Gasteiger partial charge in [-0.15, -0.1) is 0 Å². The molecule has 1 saturated heterocycles. The van der Waals surface area contributed by atoms with E-state index in [-0.39, 0.29) is 5.97 Å². The molecule has 0 unspecified atom stereocenters. The quantitative estimate of drug-likeness (QED) is 0.628. The van der Waals surface area contributed by atoms with Gasteiger partial charge in [0.15, 0.2) is 11.5 Å². The fraction of sp³-hybridized carbons (Fsp3) is 0.458. The summed E-state index contributed by atoms with van der Waals surface area (Å²) in [6.07, 6.45) is 2.29. The van der Waals surface area contributed by atoms with Crippen LogP contribution in [0.4, 0.5) is 0 Å². The average Bonchev–Trinajstić information content (AvgIpc) is 2.76. The Kier molecular flexibility index (Phi) is 7.15. The molecule has 156 valence electrons. The van der Waals surface area contributed by atoms with Crippen molar-refractivity contribution in [1.29, 1.82) is 0 Å². The Morgan fingerprint density at radius 3 is 2.34 bits per heavy atom. The van der Waals surface area contributed by atoms with Gasteiger partial charge in [-0.2, -0.15) is 0 Å². The highest BCUT2D eigenvalue weighted by molar-refractivity contribution is 5.77. The van der Waals surface area contributed by atoms with E-state index in [0.29, 0.717) is 6.61 Å². The Morgan fingerprint density at radius 1 is 1.00 bits per heavy atom. The number of likely N-dealkylation sites (tertiary alicyclic amines) is 1. The predicted octanol–water partition coefficient (Wildman–Crippen LogP) is 4.09. The molecule has 0 saturated carbocycles. The maximum atomic E-state index is 12.9. The standard InChI is InChI=1S/C24H31NO4/c1-4-29-23(26)24(17-19-9-6-5-7-10-19)13-15-25(16-14-24)18-20-11-8-12-21(27-2)22(20)28-3/h5-12H,4,13-18H2,1-3H3. The number of piperidine rings is 1. The number of methoxy groups -OCH3 is 2. The van der Waals surface area contributed by atoms with Crippen molar-refractivity contribution in [2.75, 3.05) is 33.9 Å². The number of hydrogen-bond acceptors (Lipinski definition) is 5. The van der Waals surface area contributed by atoms with Crippen molar-refractivity contribution in [2.24, 2.45) is 5.41 Å². The summed E-state index contributed by atoms with van der Waals surface area (Å²) in [5.74, 6) is 1.45. The minimum Gasteiger partial charge on any atom is -0.493 e. The van der Waals surface area contributed by atoms with Crippen molar-refractivity contribution in [3.05, 3.63) is 59.7 Å². The highest BCUT2D eigenvalue weighted by Crippen LogP contribution is 2.38. The molecule has 1 fully saturated rings. The molecule has 0 radical (unpaired) electrons. The molecule has 0 spiro atoms. The van der Waals surface area contributed by atoms with Crippen LogP contribution in [0.1, 0.15) is 30.9 Å². The van der Waals surface area contributed by atoms with Crippen LogP contribution in [0.2, 0.25) is 0 Å². The first kappa shape index (κ1) is 21.2. The monoisotopic (exact) mass is 397 g/mol. The smallest absolute Gasteiger partial charge is 0.312 e. The summed E-state index contributed by atoms with van der Waals surface area (Å²) in [4.78, 5) is 15.3.